The molecule has 1 atom stereocenters. The number of aromatic nitrogens is 3. The predicted molar refractivity (Wildman–Crippen MR) is 76.3 cm³/mol. The standard InChI is InChI=1S/C15H16N4O3/c20-12-6-5-10(8-16-12)15(21)19-7-1-2-11(19)14-17-13(18-22-14)9-3-4-9/h5-6,8-9,11H,1-4,7H2,(H,16,20). The van der Waals surface area contributed by atoms with Gasteiger partial charge < -0.3 is 14.4 Å². The summed E-state index contributed by atoms with van der Waals surface area (Å²) in [7, 11) is 0. The maximum Gasteiger partial charge on any atom is 0.256 e. The number of carbonyl (C=O) groups excluding carboxylic acids is 1. The first-order valence-electron chi connectivity index (χ1n) is 7.55. The molecule has 22 heavy (non-hydrogen) atoms. The minimum absolute atomic E-state index is 0.120. The van der Waals surface area contributed by atoms with E-state index in [9.17, 15) is 9.59 Å². The molecule has 0 spiro atoms. The van der Waals surface area contributed by atoms with E-state index in [1.165, 1.54) is 12.3 Å². The SMILES string of the molecule is O=C(c1ccc(=O)[nH]c1)N1CCCC1c1nc(C2CC2)no1. The number of hydrogen-bond donors (Lipinski definition) is 1. The molecule has 2 aliphatic rings. The number of likely N-dealkylation sites (tertiary alicyclic amines) is 1. The molecule has 1 saturated carbocycles. The largest absolute Gasteiger partial charge is 0.337 e. The van der Waals surface area contributed by atoms with Gasteiger partial charge in [0.25, 0.3) is 5.91 Å². The number of hydrogen-bond acceptors (Lipinski definition) is 5. The normalized spacial score (nSPS) is 21.3. The van der Waals surface area contributed by atoms with E-state index in [0.29, 0.717) is 23.9 Å². The third kappa shape index (κ3) is 2.32. The zero-order valence-corrected chi connectivity index (χ0v) is 12.0. The minimum Gasteiger partial charge on any atom is -0.337 e. The van der Waals surface area contributed by atoms with Gasteiger partial charge in [-0.25, -0.2) is 0 Å². The number of H-pyrrole nitrogens is 1. The number of nitrogens with one attached hydrogen (secondary N) is 1. The van der Waals surface area contributed by atoms with E-state index in [4.69, 9.17) is 4.52 Å². The average molecular weight is 300 g/mol. The van der Waals surface area contributed by atoms with E-state index >= 15 is 0 Å². The molecule has 2 aromatic heterocycles. The van der Waals surface area contributed by atoms with Crippen molar-refractivity contribution >= 4 is 5.91 Å². The van der Waals surface area contributed by atoms with Crippen molar-refractivity contribution in [2.45, 2.75) is 37.6 Å². The van der Waals surface area contributed by atoms with Gasteiger partial charge in [-0.15, -0.1) is 0 Å². The van der Waals surface area contributed by atoms with Gasteiger partial charge in [-0.05, 0) is 31.7 Å². The first-order chi connectivity index (χ1) is 10.7. The molecule has 0 bridgehead atoms. The lowest BCUT2D eigenvalue weighted by molar-refractivity contribution is 0.0709. The van der Waals surface area contributed by atoms with E-state index in [1.807, 2.05) is 0 Å². The molecule has 0 aromatic carbocycles. The average Bonchev–Trinajstić information content (AvgIpc) is 3.08. The van der Waals surface area contributed by atoms with Crippen LogP contribution in [0.3, 0.4) is 0 Å². The van der Waals surface area contributed by atoms with E-state index in [1.54, 1.807) is 11.0 Å². The topological polar surface area (TPSA) is 92.1 Å². The van der Waals surface area contributed by atoms with Gasteiger partial charge in [0.15, 0.2) is 5.82 Å². The van der Waals surface area contributed by atoms with Crippen LogP contribution in [0, 0.1) is 0 Å². The summed E-state index contributed by atoms with van der Waals surface area (Å²) in [6.07, 6.45) is 5.40. The van der Waals surface area contributed by atoms with Crippen LogP contribution in [0.2, 0.25) is 0 Å². The number of nitrogens with zero attached hydrogens (tertiary/aromatic N) is 3. The molecule has 1 amide bonds. The lowest BCUT2D eigenvalue weighted by Crippen LogP contribution is -2.31. The summed E-state index contributed by atoms with van der Waals surface area (Å²) in [5.41, 5.74) is 0.244. The summed E-state index contributed by atoms with van der Waals surface area (Å²) in [6, 6.07) is 2.73. The number of aromatic amines is 1. The third-order valence-electron chi connectivity index (χ3n) is 4.23. The van der Waals surface area contributed by atoms with Crippen LogP contribution >= 0.6 is 0 Å². The quantitative estimate of drug-likeness (QED) is 0.929. The Morgan fingerprint density at radius 1 is 1.32 bits per heavy atom. The van der Waals surface area contributed by atoms with Gasteiger partial charge >= 0.3 is 0 Å². The summed E-state index contributed by atoms with van der Waals surface area (Å²) < 4.78 is 5.37. The van der Waals surface area contributed by atoms with E-state index < -0.39 is 0 Å². The molecule has 7 heteroatoms. The maximum atomic E-state index is 12.6. The first-order valence-corrected chi connectivity index (χ1v) is 7.55. The van der Waals surface area contributed by atoms with E-state index in [-0.39, 0.29) is 17.5 Å². The van der Waals surface area contributed by atoms with Gasteiger partial charge in [0.2, 0.25) is 11.4 Å². The maximum absolute atomic E-state index is 12.6. The highest BCUT2D eigenvalue weighted by Gasteiger charge is 2.36. The van der Waals surface area contributed by atoms with Crippen molar-refractivity contribution < 1.29 is 9.32 Å². The van der Waals surface area contributed by atoms with Gasteiger partial charge in [-0.3, -0.25) is 9.59 Å². The van der Waals surface area contributed by atoms with E-state index in [2.05, 4.69) is 15.1 Å². The second-order valence-electron chi connectivity index (χ2n) is 5.86. The summed E-state index contributed by atoms with van der Waals surface area (Å²) in [6.45, 7) is 0.657. The number of carbonyl (C=O) groups is 1. The van der Waals surface area contributed by atoms with Gasteiger partial charge in [0.05, 0.1) is 5.56 Å². The van der Waals surface area contributed by atoms with Crippen LogP contribution in [0.4, 0.5) is 0 Å². The molecule has 1 saturated heterocycles. The number of rotatable bonds is 3. The summed E-state index contributed by atoms with van der Waals surface area (Å²) in [4.78, 5) is 32.5. The van der Waals surface area contributed by atoms with Crippen molar-refractivity contribution in [3.05, 3.63) is 46.0 Å². The van der Waals surface area contributed by atoms with Crippen molar-refractivity contribution in [2.75, 3.05) is 6.54 Å². The Morgan fingerprint density at radius 3 is 2.91 bits per heavy atom. The molecule has 2 fully saturated rings. The molecule has 2 aromatic rings. The fourth-order valence-corrected chi connectivity index (χ4v) is 2.87. The highest BCUT2D eigenvalue weighted by atomic mass is 16.5. The van der Waals surface area contributed by atoms with Crippen LogP contribution in [-0.4, -0.2) is 32.5 Å². The lowest BCUT2D eigenvalue weighted by atomic mass is 10.2. The molecular formula is C15H16N4O3. The van der Waals surface area contributed by atoms with Crippen molar-refractivity contribution in [1.29, 1.82) is 0 Å². The van der Waals surface area contributed by atoms with Gasteiger partial charge in [0.1, 0.15) is 6.04 Å². The Bertz CT molecular complexity index is 742. The van der Waals surface area contributed by atoms with Crippen LogP contribution in [0.5, 0.6) is 0 Å². The third-order valence-corrected chi connectivity index (χ3v) is 4.23. The Labute approximate surface area is 126 Å². The molecule has 1 aliphatic heterocycles. The Morgan fingerprint density at radius 2 is 2.18 bits per heavy atom. The van der Waals surface area contributed by atoms with Crippen molar-refractivity contribution in [1.82, 2.24) is 20.0 Å². The lowest BCUT2D eigenvalue weighted by Gasteiger charge is -2.21. The molecule has 1 unspecified atom stereocenters. The number of pyridine rings is 1. The highest BCUT2D eigenvalue weighted by Crippen LogP contribution is 2.39. The van der Waals surface area contributed by atoms with Crippen molar-refractivity contribution in [3.63, 3.8) is 0 Å². The summed E-state index contributed by atoms with van der Waals surface area (Å²) in [5, 5.41) is 4.03. The smallest absolute Gasteiger partial charge is 0.256 e. The zero-order valence-electron chi connectivity index (χ0n) is 12.0. The van der Waals surface area contributed by atoms with Gasteiger partial charge in [-0.2, -0.15) is 4.98 Å². The van der Waals surface area contributed by atoms with Crippen LogP contribution in [0.25, 0.3) is 0 Å². The summed E-state index contributed by atoms with van der Waals surface area (Å²) in [5.74, 6) is 1.60. The molecule has 3 heterocycles. The molecule has 1 N–H and O–H groups in total. The van der Waals surface area contributed by atoms with E-state index in [0.717, 1.165) is 31.5 Å². The van der Waals surface area contributed by atoms with Crippen molar-refractivity contribution in [2.24, 2.45) is 0 Å². The minimum atomic E-state index is -0.222. The van der Waals surface area contributed by atoms with Crippen LogP contribution < -0.4 is 5.56 Å². The predicted octanol–water partition coefficient (Wildman–Crippen LogP) is 1.61. The van der Waals surface area contributed by atoms with Gasteiger partial charge in [-0.1, -0.05) is 5.16 Å². The Balaban J connectivity index is 1.58. The second-order valence-corrected chi connectivity index (χ2v) is 5.86. The highest BCUT2D eigenvalue weighted by molar-refractivity contribution is 5.94. The van der Waals surface area contributed by atoms with Crippen LogP contribution in [-0.2, 0) is 0 Å². The fraction of sp³-hybridized carbons (Fsp3) is 0.467. The fourth-order valence-electron chi connectivity index (χ4n) is 2.87. The molecule has 7 nitrogen and oxygen atoms in total. The molecule has 114 valence electrons. The Hall–Kier alpha value is -2.44. The van der Waals surface area contributed by atoms with Crippen molar-refractivity contribution in [3.8, 4) is 0 Å². The molecule has 4 rings (SSSR count). The monoisotopic (exact) mass is 300 g/mol. The van der Waals surface area contributed by atoms with Crippen LogP contribution in [0.1, 0.15) is 59.7 Å². The zero-order chi connectivity index (χ0) is 15.1. The number of amides is 1. The molecule has 0 radical (unpaired) electrons. The second kappa shape index (κ2) is 5.08. The molecule has 1 aliphatic carbocycles. The Kier molecular flexibility index (Phi) is 3.06. The first kappa shape index (κ1) is 13.2. The van der Waals surface area contributed by atoms with Gasteiger partial charge in [0, 0.05) is 24.7 Å². The summed E-state index contributed by atoms with van der Waals surface area (Å²) >= 11 is 0. The molecular weight excluding hydrogens is 284 g/mol. The van der Waals surface area contributed by atoms with Crippen LogP contribution in [0.15, 0.2) is 27.6 Å².